The summed E-state index contributed by atoms with van der Waals surface area (Å²) in [5, 5.41) is 3.03. The van der Waals surface area contributed by atoms with Gasteiger partial charge >= 0.3 is 0 Å². The highest BCUT2D eigenvalue weighted by atomic mass is 35.5. The van der Waals surface area contributed by atoms with E-state index in [1.54, 1.807) is 37.3 Å². The third-order valence-electron chi connectivity index (χ3n) is 3.06. The number of nitrogens with one attached hydrogen (secondary N) is 2. The van der Waals surface area contributed by atoms with E-state index < -0.39 is 16.1 Å². The van der Waals surface area contributed by atoms with Gasteiger partial charge in [0.1, 0.15) is 5.15 Å². The summed E-state index contributed by atoms with van der Waals surface area (Å²) in [6.45, 7) is 1.77. The first kappa shape index (κ1) is 17.2. The fourth-order valence-corrected chi connectivity index (χ4v) is 2.83. The topological polar surface area (TPSA) is 88.2 Å². The Hall–Kier alpha value is -2.12. The van der Waals surface area contributed by atoms with Gasteiger partial charge in [0.05, 0.1) is 18.0 Å². The SMILES string of the molecule is C[C@H](NC(=O)c1ccnc(Cl)c1)c1ccccc1NS(C)(=O)=O. The molecule has 8 heteroatoms. The van der Waals surface area contributed by atoms with Crippen LogP contribution in [0.15, 0.2) is 42.6 Å². The fraction of sp³-hybridized carbons (Fsp3) is 0.200. The van der Waals surface area contributed by atoms with Gasteiger partial charge in [0.2, 0.25) is 10.0 Å². The van der Waals surface area contributed by atoms with Gasteiger partial charge in [-0.25, -0.2) is 13.4 Å². The second-order valence-electron chi connectivity index (χ2n) is 5.02. The van der Waals surface area contributed by atoms with Crippen molar-refractivity contribution < 1.29 is 13.2 Å². The van der Waals surface area contributed by atoms with Crippen LogP contribution in [0.1, 0.15) is 28.9 Å². The molecule has 2 N–H and O–H groups in total. The van der Waals surface area contributed by atoms with Crippen molar-refractivity contribution in [2.45, 2.75) is 13.0 Å². The maximum Gasteiger partial charge on any atom is 0.251 e. The molecule has 0 aliphatic rings. The predicted octanol–water partition coefficient (Wildman–Crippen LogP) is 2.60. The van der Waals surface area contributed by atoms with E-state index in [1.807, 2.05) is 0 Å². The van der Waals surface area contributed by atoms with Gasteiger partial charge in [0.25, 0.3) is 5.91 Å². The standard InChI is InChI=1S/C15H16ClN3O3S/c1-10(18-15(20)11-7-8-17-14(16)9-11)12-5-3-4-6-13(12)19-23(2,21)22/h3-10,19H,1-2H3,(H,18,20)/t10-/m0/s1. The normalized spacial score (nSPS) is 12.5. The van der Waals surface area contributed by atoms with E-state index in [9.17, 15) is 13.2 Å². The van der Waals surface area contributed by atoms with Crippen LogP contribution in [0.2, 0.25) is 5.15 Å². The van der Waals surface area contributed by atoms with Gasteiger partial charge in [-0.1, -0.05) is 29.8 Å². The lowest BCUT2D eigenvalue weighted by Gasteiger charge is -2.18. The number of hydrogen-bond acceptors (Lipinski definition) is 4. The monoisotopic (exact) mass is 353 g/mol. The minimum Gasteiger partial charge on any atom is -0.345 e. The number of halogens is 1. The minimum atomic E-state index is -3.41. The summed E-state index contributed by atoms with van der Waals surface area (Å²) in [6, 6.07) is 9.49. The maximum atomic E-state index is 12.2. The molecule has 0 radical (unpaired) electrons. The minimum absolute atomic E-state index is 0.226. The Balaban J connectivity index is 2.21. The average molecular weight is 354 g/mol. The largest absolute Gasteiger partial charge is 0.345 e. The summed E-state index contributed by atoms with van der Waals surface area (Å²) in [5.74, 6) is -0.323. The van der Waals surface area contributed by atoms with Crippen LogP contribution in [0.3, 0.4) is 0 Å². The van der Waals surface area contributed by atoms with Crippen molar-refractivity contribution in [3.05, 3.63) is 58.9 Å². The first-order valence-electron chi connectivity index (χ1n) is 6.75. The van der Waals surface area contributed by atoms with E-state index in [-0.39, 0.29) is 11.1 Å². The van der Waals surface area contributed by atoms with E-state index in [4.69, 9.17) is 11.6 Å². The van der Waals surface area contributed by atoms with Crippen molar-refractivity contribution in [2.24, 2.45) is 0 Å². The van der Waals surface area contributed by atoms with Gasteiger partial charge in [-0.2, -0.15) is 0 Å². The number of sulfonamides is 1. The molecule has 2 rings (SSSR count). The lowest BCUT2D eigenvalue weighted by atomic mass is 10.1. The molecule has 0 saturated carbocycles. The van der Waals surface area contributed by atoms with Crippen LogP contribution in [0.4, 0.5) is 5.69 Å². The zero-order valence-corrected chi connectivity index (χ0v) is 14.1. The van der Waals surface area contributed by atoms with Gasteiger partial charge < -0.3 is 5.32 Å². The number of nitrogens with zero attached hydrogens (tertiary/aromatic N) is 1. The maximum absolute atomic E-state index is 12.2. The molecule has 6 nitrogen and oxygen atoms in total. The van der Waals surface area contributed by atoms with Crippen molar-refractivity contribution in [1.82, 2.24) is 10.3 Å². The van der Waals surface area contributed by atoms with E-state index in [2.05, 4.69) is 15.0 Å². The van der Waals surface area contributed by atoms with Gasteiger partial charge in [-0.15, -0.1) is 0 Å². The molecule has 1 atom stereocenters. The fourth-order valence-electron chi connectivity index (χ4n) is 2.07. The highest BCUT2D eigenvalue weighted by Gasteiger charge is 2.16. The van der Waals surface area contributed by atoms with Crippen LogP contribution in [0.25, 0.3) is 0 Å². The Morgan fingerprint density at radius 3 is 2.61 bits per heavy atom. The molecular weight excluding hydrogens is 338 g/mol. The lowest BCUT2D eigenvalue weighted by Crippen LogP contribution is -2.27. The van der Waals surface area contributed by atoms with Crippen LogP contribution in [0.5, 0.6) is 0 Å². The van der Waals surface area contributed by atoms with Gasteiger partial charge in [0, 0.05) is 11.8 Å². The van der Waals surface area contributed by atoms with E-state index in [0.29, 0.717) is 16.8 Å². The number of hydrogen-bond donors (Lipinski definition) is 2. The molecule has 0 aliphatic carbocycles. The number of amides is 1. The molecule has 1 amide bonds. The number of rotatable bonds is 5. The summed E-state index contributed by atoms with van der Waals surface area (Å²) in [5.41, 5.74) is 1.47. The highest BCUT2D eigenvalue weighted by molar-refractivity contribution is 7.92. The molecule has 1 aromatic heterocycles. The van der Waals surface area contributed by atoms with Crippen molar-refractivity contribution in [3.63, 3.8) is 0 Å². The summed E-state index contributed by atoms with van der Waals surface area (Å²) >= 11 is 5.77. The van der Waals surface area contributed by atoms with Crippen molar-refractivity contribution >= 4 is 33.2 Å². The smallest absolute Gasteiger partial charge is 0.251 e. The summed E-state index contributed by atoms with van der Waals surface area (Å²) < 4.78 is 25.3. The van der Waals surface area contributed by atoms with Gasteiger partial charge in [-0.05, 0) is 30.7 Å². The zero-order valence-electron chi connectivity index (χ0n) is 12.6. The Morgan fingerprint density at radius 1 is 1.26 bits per heavy atom. The molecule has 23 heavy (non-hydrogen) atoms. The third-order valence-corrected chi connectivity index (χ3v) is 3.86. The molecule has 1 heterocycles. The van der Waals surface area contributed by atoms with Crippen molar-refractivity contribution in [1.29, 1.82) is 0 Å². The molecule has 0 saturated heterocycles. The first-order chi connectivity index (χ1) is 10.8. The van der Waals surface area contributed by atoms with E-state index >= 15 is 0 Å². The van der Waals surface area contributed by atoms with Crippen LogP contribution < -0.4 is 10.0 Å². The highest BCUT2D eigenvalue weighted by Crippen LogP contribution is 2.23. The van der Waals surface area contributed by atoms with Crippen molar-refractivity contribution in [2.75, 3.05) is 11.0 Å². The summed E-state index contributed by atoms with van der Waals surface area (Å²) in [7, 11) is -3.41. The Morgan fingerprint density at radius 2 is 1.96 bits per heavy atom. The number of carbonyl (C=O) groups excluding carboxylic acids is 1. The number of anilines is 1. The molecule has 0 fully saturated rings. The van der Waals surface area contributed by atoms with Crippen LogP contribution in [0, 0.1) is 0 Å². The van der Waals surface area contributed by atoms with E-state index in [0.717, 1.165) is 6.26 Å². The quantitative estimate of drug-likeness (QED) is 0.809. The molecular formula is C15H16ClN3O3S. The van der Waals surface area contributed by atoms with Gasteiger partial charge in [0.15, 0.2) is 0 Å². The summed E-state index contributed by atoms with van der Waals surface area (Å²) in [4.78, 5) is 16.1. The third kappa shape index (κ3) is 4.94. The second kappa shape index (κ2) is 6.97. The molecule has 0 bridgehead atoms. The number of carbonyl (C=O) groups is 1. The Bertz CT molecular complexity index is 824. The van der Waals surface area contributed by atoms with Gasteiger partial charge in [-0.3, -0.25) is 9.52 Å². The number of pyridine rings is 1. The molecule has 0 aliphatic heterocycles. The van der Waals surface area contributed by atoms with Crippen LogP contribution in [-0.4, -0.2) is 25.6 Å². The Labute approximate surface area is 139 Å². The number of aromatic nitrogens is 1. The molecule has 0 spiro atoms. The number of para-hydroxylation sites is 1. The lowest BCUT2D eigenvalue weighted by molar-refractivity contribution is 0.0940. The van der Waals surface area contributed by atoms with Crippen LogP contribution >= 0.6 is 11.6 Å². The average Bonchev–Trinajstić information content (AvgIpc) is 2.46. The molecule has 0 unspecified atom stereocenters. The first-order valence-corrected chi connectivity index (χ1v) is 9.02. The molecule has 122 valence electrons. The predicted molar refractivity (Wildman–Crippen MR) is 90.0 cm³/mol. The zero-order chi connectivity index (χ0) is 17.0. The molecule has 2 aromatic rings. The second-order valence-corrected chi connectivity index (χ2v) is 7.16. The van der Waals surface area contributed by atoms with Crippen molar-refractivity contribution in [3.8, 4) is 0 Å². The number of benzene rings is 1. The van der Waals surface area contributed by atoms with Crippen LogP contribution in [-0.2, 0) is 10.0 Å². The Kier molecular flexibility index (Phi) is 5.23. The van der Waals surface area contributed by atoms with E-state index in [1.165, 1.54) is 12.3 Å². The molecule has 1 aromatic carbocycles. The summed E-state index contributed by atoms with van der Waals surface area (Å²) in [6.07, 6.45) is 2.52.